The van der Waals surface area contributed by atoms with E-state index in [2.05, 4.69) is 103 Å². The summed E-state index contributed by atoms with van der Waals surface area (Å²) in [5, 5.41) is 4.74. The molecule has 4 nitrogen and oxygen atoms in total. The van der Waals surface area contributed by atoms with Gasteiger partial charge >= 0.3 is 0 Å². The van der Waals surface area contributed by atoms with Gasteiger partial charge in [-0.2, -0.15) is 0 Å². The third-order valence-electron chi connectivity index (χ3n) is 5.34. The highest BCUT2D eigenvalue weighted by atomic mass is 79.9. The topological polar surface area (TPSA) is 44.0 Å². The van der Waals surface area contributed by atoms with Crippen molar-refractivity contribution in [3.63, 3.8) is 0 Å². The van der Waals surface area contributed by atoms with Crippen molar-refractivity contribution in [3.05, 3.63) is 51.4 Å². The van der Waals surface area contributed by atoms with Crippen molar-refractivity contribution in [2.24, 2.45) is 0 Å². The highest BCUT2D eigenvalue weighted by Crippen LogP contribution is 2.41. The summed E-state index contributed by atoms with van der Waals surface area (Å²) in [7, 11) is 4.17. The third kappa shape index (κ3) is 3.33. The second kappa shape index (κ2) is 7.35. The molecule has 0 amide bonds. The van der Waals surface area contributed by atoms with Gasteiger partial charge in [-0.05, 0) is 63.0 Å². The number of nitrogens with one attached hydrogen (secondary N) is 2. The van der Waals surface area contributed by atoms with Crippen LogP contribution in [0.15, 0.2) is 51.4 Å². The predicted octanol–water partition coefficient (Wildman–Crippen LogP) is 6.81. The standard InChI is InChI=1S/C23H21Br2N3O/c1-28(2)8-3-9-29-23-21-17(15-10-13(24)4-6-19(15)26-21)12-18-16-11-14(25)5-7-20(16)27-22(18)23/h4-7,10-12,26-27H,3,8-9H2,1-2H3. The molecule has 3 aromatic carbocycles. The smallest absolute Gasteiger partial charge is 0.167 e. The molecule has 6 heteroatoms. The number of H-pyrrole nitrogens is 2. The minimum Gasteiger partial charge on any atom is -0.489 e. The number of nitrogens with zero attached hydrogens (tertiary/aromatic N) is 1. The zero-order valence-electron chi connectivity index (χ0n) is 16.3. The van der Waals surface area contributed by atoms with Crippen LogP contribution in [0.2, 0.25) is 0 Å². The Labute approximate surface area is 185 Å². The van der Waals surface area contributed by atoms with E-state index in [9.17, 15) is 0 Å². The Balaban J connectivity index is 1.78. The Hall–Kier alpha value is -2.02. The van der Waals surface area contributed by atoms with Gasteiger partial charge in [-0.15, -0.1) is 0 Å². The molecule has 148 valence electrons. The van der Waals surface area contributed by atoms with Gasteiger partial charge in [0, 0.05) is 48.1 Å². The highest BCUT2D eigenvalue weighted by molar-refractivity contribution is 9.10. The van der Waals surface area contributed by atoms with Crippen LogP contribution >= 0.6 is 31.9 Å². The molecular weight excluding hydrogens is 494 g/mol. The molecule has 0 saturated heterocycles. The summed E-state index contributed by atoms with van der Waals surface area (Å²) < 4.78 is 8.53. The van der Waals surface area contributed by atoms with Crippen LogP contribution < -0.4 is 4.74 Å². The van der Waals surface area contributed by atoms with Crippen LogP contribution in [0.3, 0.4) is 0 Å². The lowest BCUT2D eigenvalue weighted by atomic mass is 10.1. The second-order valence-corrected chi connectivity index (χ2v) is 9.52. The molecular formula is C23H21Br2N3O. The highest BCUT2D eigenvalue weighted by Gasteiger charge is 2.18. The maximum absolute atomic E-state index is 6.39. The maximum Gasteiger partial charge on any atom is 0.167 e. The van der Waals surface area contributed by atoms with E-state index in [0.29, 0.717) is 6.61 Å². The molecule has 0 aliphatic heterocycles. The number of ether oxygens (including phenoxy) is 1. The molecule has 0 bridgehead atoms. The molecule has 2 N–H and O–H groups in total. The third-order valence-corrected chi connectivity index (χ3v) is 6.33. The first-order valence-electron chi connectivity index (χ1n) is 9.63. The second-order valence-electron chi connectivity index (χ2n) is 7.69. The fraction of sp³-hybridized carbons (Fsp3) is 0.217. The average Bonchev–Trinajstić information content (AvgIpc) is 3.22. The normalized spacial score (nSPS) is 12.2. The van der Waals surface area contributed by atoms with E-state index in [-0.39, 0.29) is 0 Å². The molecule has 0 saturated carbocycles. The Morgan fingerprint density at radius 1 is 0.793 bits per heavy atom. The summed E-state index contributed by atoms with van der Waals surface area (Å²) in [5.41, 5.74) is 4.31. The quantitative estimate of drug-likeness (QED) is 0.253. The Bertz CT molecular complexity index is 1270. The zero-order chi connectivity index (χ0) is 20.1. The maximum atomic E-state index is 6.39. The van der Waals surface area contributed by atoms with E-state index >= 15 is 0 Å². The van der Waals surface area contributed by atoms with Gasteiger partial charge in [-0.1, -0.05) is 31.9 Å². The van der Waals surface area contributed by atoms with Gasteiger partial charge in [0.15, 0.2) is 5.75 Å². The van der Waals surface area contributed by atoms with E-state index in [1.807, 2.05) is 0 Å². The van der Waals surface area contributed by atoms with Gasteiger partial charge in [0.1, 0.15) is 0 Å². The lowest BCUT2D eigenvalue weighted by molar-refractivity contribution is 0.286. The van der Waals surface area contributed by atoms with E-state index in [1.54, 1.807) is 0 Å². The molecule has 0 aliphatic rings. The van der Waals surface area contributed by atoms with Crippen LogP contribution in [-0.4, -0.2) is 42.1 Å². The fourth-order valence-corrected chi connectivity index (χ4v) is 4.72. The Kier molecular flexibility index (Phi) is 4.81. The average molecular weight is 515 g/mol. The van der Waals surface area contributed by atoms with Crippen LogP contribution in [0.4, 0.5) is 0 Å². The van der Waals surface area contributed by atoms with Gasteiger partial charge in [0.05, 0.1) is 17.6 Å². The molecule has 0 aliphatic carbocycles. The number of benzene rings is 3. The van der Waals surface area contributed by atoms with E-state index in [0.717, 1.165) is 49.7 Å². The summed E-state index contributed by atoms with van der Waals surface area (Å²) in [6.07, 6.45) is 0.975. The van der Waals surface area contributed by atoms with Crippen LogP contribution in [0.1, 0.15) is 6.42 Å². The van der Waals surface area contributed by atoms with Crippen LogP contribution in [-0.2, 0) is 0 Å². The zero-order valence-corrected chi connectivity index (χ0v) is 19.4. The van der Waals surface area contributed by atoms with Crippen molar-refractivity contribution in [2.75, 3.05) is 27.2 Å². The molecule has 29 heavy (non-hydrogen) atoms. The van der Waals surface area contributed by atoms with Gasteiger partial charge in [0.2, 0.25) is 0 Å². The van der Waals surface area contributed by atoms with Gasteiger partial charge in [-0.25, -0.2) is 0 Å². The van der Waals surface area contributed by atoms with Crippen molar-refractivity contribution < 1.29 is 4.74 Å². The van der Waals surface area contributed by atoms with E-state index in [1.165, 1.54) is 21.5 Å². The SMILES string of the molecule is CN(C)CCCOc1c2[nH]c3ccc(Br)cc3c2cc2c1[nH]c1ccc(Br)cc12. The van der Waals surface area contributed by atoms with Gasteiger partial charge in [-0.3, -0.25) is 0 Å². The summed E-state index contributed by atoms with van der Waals surface area (Å²) in [4.78, 5) is 9.35. The number of aromatic amines is 2. The number of hydrogen-bond donors (Lipinski definition) is 2. The Morgan fingerprint density at radius 2 is 1.34 bits per heavy atom. The van der Waals surface area contributed by atoms with E-state index in [4.69, 9.17) is 4.74 Å². The molecule has 2 aromatic heterocycles. The van der Waals surface area contributed by atoms with Gasteiger partial charge in [0.25, 0.3) is 0 Å². The molecule has 5 rings (SSSR count). The number of hydrogen-bond acceptors (Lipinski definition) is 2. The molecule has 5 aromatic rings. The van der Waals surface area contributed by atoms with Crippen molar-refractivity contribution in [1.29, 1.82) is 0 Å². The minimum absolute atomic E-state index is 0.671. The first-order valence-corrected chi connectivity index (χ1v) is 11.2. The number of aromatic nitrogens is 2. The summed E-state index contributed by atoms with van der Waals surface area (Å²) in [6, 6.07) is 15.0. The molecule has 0 spiro atoms. The van der Waals surface area contributed by atoms with Crippen LogP contribution in [0, 0.1) is 0 Å². The monoisotopic (exact) mass is 513 g/mol. The Morgan fingerprint density at radius 3 is 1.86 bits per heavy atom. The molecule has 0 unspecified atom stereocenters. The molecule has 2 heterocycles. The fourth-order valence-electron chi connectivity index (χ4n) is 4.00. The lowest BCUT2D eigenvalue weighted by Gasteiger charge is -2.12. The number of rotatable bonds is 5. The summed E-state index contributed by atoms with van der Waals surface area (Å²) in [5.74, 6) is 0.899. The molecule has 0 radical (unpaired) electrons. The van der Waals surface area contributed by atoms with Crippen molar-refractivity contribution in [2.45, 2.75) is 6.42 Å². The first kappa shape index (κ1) is 19.0. The number of halogens is 2. The largest absolute Gasteiger partial charge is 0.489 e. The van der Waals surface area contributed by atoms with Crippen LogP contribution in [0.25, 0.3) is 43.6 Å². The van der Waals surface area contributed by atoms with E-state index < -0.39 is 0 Å². The first-order chi connectivity index (χ1) is 14.0. The molecule has 0 atom stereocenters. The summed E-state index contributed by atoms with van der Waals surface area (Å²) in [6.45, 7) is 1.67. The summed E-state index contributed by atoms with van der Waals surface area (Å²) >= 11 is 7.23. The van der Waals surface area contributed by atoms with Crippen molar-refractivity contribution in [3.8, 4) is 5.75 Å². The number of fused-ring (bicyclic) bond motifs is 6. The van der Waals surface area contributed by atoms with Gasteiger partial charge < -0.3 is 19.6 Å². The van der Waals surface area contributed by atoms with Crippen molar-refractivity contribution >= 4 is 75.5 Å². The lowest BCUT2D eigenvalue weighted by Crippen LogP contribution is -2.15. The molecule has 0 fully saturated rings. The predicted molar refractivity (Wildman–Crippen MR) is 129 cm³/mol. The van der Waals surface area contributed by atoms with Crippen LogP contribution in [0.5, 0.6) is 5.75 Å². The minimum atomic E-state index is 0.671. The van der Waals surface area contributed by atoms with Crippen molar-refractivity contribution in [1.82, 2.24) is 14.9 Å².